The van der Waals surface area contributed by atoms with Gasteiger partial charge in [0.1, 0.15) is 5.75 Å². The molecule has 0 atom stereocenters. The van der Waals surface area contributed by atoms with Crippen molar-refractivity contribution in [1.82, 2.24) is 25.0 Å². The average Bonchev–Trinajstić information content (AvgIpc) is 3.63. The van der Waals surface area contributed by atoms with Crippen LogP contribution in [0.25, 0.3) is 21.8 Å². The number of para-hydroxylation sites is 1. The molecule has 9 heteroatoms. The van der Waals surface area contributed by atoms with Gasteiger partial charge in [0.25, 0.3) is 11.5 Å². The number of nitrogens with one attached hydrogen (secondary N) is 2. The monoisotopic (exact) mass is 514 g/mol. The summed E-state index contributed by atoms with van der Waals surface area (Å²) in [5, 5.41) is 9.06. The number of aromatic amines is 1. The molecule has 0 unspecified atom stereocenters. The Morgan fingerprint density at radius 2 is 1.87 bits per heavy atom. The van der Waals surface area contributed by atoms with Crippen LogP contribution in [0.2, 0.25) is 0 Å². The molecule has 2 aromatic carbocycles. The zero-order chi connectivity index (χ0) is 26.2. The number of likely N-dealkylation sites (N-methyl/N-ethyl adjacent to an activating group) is 1. The largest absolute Gasteiger partial charge is 0.496 e. The van der Waals surface area contributed by atoms with Gasteiger partial charge >= 0.3 is 0 Å². The van der Waals surface area contributed by atoms with Crippen molar-refractivity contribution in [3.05, 3.63) is 64.1 Å². The molecule has 198 valence electrons. The predicted molar refractivity (Wildman–Crippen MR) is 149 cm³/mol. The van der Waals surface area contributed by atoms with Gasteiger partial charge in [0, 0.05) is 49.9 Å². The van der Waals surface area contributed by atoms with E-state index in [1.165, 1.54) is 0 Å². The molecule has 2 aromatic heterocycles. The molecule has 3 heterocycles. The minimum atomic E-state index is -0.219. The Kier molecular flexibility index (Phi) is 6.53. The number of rotatable bonds is 6. The Balaban J connectivity index is 1.34. The highest BCUT2D eigenvalue weighted by Crippen LogP contribution is 2.35. The van der Waals surface area contributed by atoms with Crippen LogP contribution < -0.4 is 20.5 Å². The van der Waals surface area contributed by atoms with E-state index in [0.29, 0.717) is 28.8 Å². The second kappa shape index (κ2) is 10.1. The van der Waals surface area contributed by atoms with Crippen molar-refractivity contribution in [2.24, 2.45) is 0 Å². The topological polar surface area (TPSA) is 95.5 Å². The SMILES string of the molecule is COc1cc2[nH]c(=O)c3cnn(C4CCCC4)c3c2cc1C(=O)NCc1ccccc1N1CCN(C)CC1. The molecule has 38 heavy (non-hydrogen) atoms. The summed E-state index contributed by atoms with van der Waals surface area (Å²) in [6.07, 6.45) is 6.04. The first-order valence-corrected chi connectivity index (χ1v) is 13.4. The number of methoxy groups -OCH3 is 1. The molecular weight excluding hydrogens is 480 g/mol. The van der Waals surface area contributed by atoms with Crippen LogP contribution in [0.1, 0.15) is 47.6 Å². The fraction of sp³-hybridized carbons (Fsp3) is 0.414. The number of anilines is 1. The molecule has 9 nitrogen and oxygen atoms in total. The zero-order valence-corrected chi connectivity index (χ0v) is 22.0. The number of hydrogen-bond donors (Lipinski definition) is 2. The van der Waals surface area contributed by atoms with Crippen molar-refractivity contribution in [2.45, 2.75) is 38.3 Å². The molecule has 0 bridgehead atoms. The number of ether oxygens (including phenoxy) is 1. The van der Waals surface area contributed by atoms with E-state index in [0.717, 1.165) is 74.0 Å². The summed E-state index contributed by atoms with van der Waals surface area (Å²) >= 11 is 0. The number of H-pyrrole nitrogens is 1. The van der Waals surface area contributed by atoms with E-state index in [1.54, 1.807) is 19.4 Å². The van der Waals surface area contributed by atoms with Crippen molar-refractivity contribution in [1.29, 1.82) is 0 Å². The highest BCUT2D eigenvalue weighted by atomic mass is 16.5. The summed E-state index contributed by atoms with van der Waals surface area (Å²) in [7, 11) is 3.69. The first-order valence-electron chi connectivity index (χ1n) is 13.4. The van der Waals surface area contributed by atoms with Crippen molar-refractivity contribution < 1.29 is 9.53 Å². The average molecular weight is 515 g/mol. The number of nitrogens with zero attached hydrogens (tertiary/aromatic N) is 4. The second-order valence-corrected chi connectivity index (χ2v) is 10.4. The maximum Gasteiger partial charge on any atom is 0.259 e. The summed E-state index contributed by atoms with van der Waals surface area (Å²) in [4.78, 5) is 34.1. The van der Waals surface area contributed by atoms with E-state index in [1.807, 2.05) is 22.9 Å². The number of fused-ring (bicyclic) bond motifs is 3. The Bertz CT molecular complexity index is 1540. The summed E-state index contributed by atoms with van der Waals surface area (Å²) in [6, 6.07) is 12.1. The lowest BCUT2D eigenvalue weighted by atomic mass is 10.1. The number of hydrogen-bond acceptors (Lipinski definition) is 6. The van der Waals surface area contributed by atoms with Crippen LogP contribution in [0, 0.1) is 0 Å². The quantitative estimate of drug-likeness (QED) is 0.408. The van der Waals surface area contributed by atoms with Crippen LogP contribution in [-0.4, -0.2) is 65.9 Å². The Labute approximate surface area is 221 Å². The molecule has 0 radical (unpaired) electrons. The molecule has 6 rings (SSSR count). The van der Waals surface area contributed by atoms with Gasteiger partial charge in [-0.15, -0.1) is 0 Å². The van der Waals surface area contributed by atoms with Gasteiger partial charge in [-0.05, 0) is 37.6 Å². The van der Waals surface area contributed by atoms with Crippen molar-refractivity contribution in [3.63, 3.8) is 0 Å². The standard InChI is InChI=1S/C29H34N6O3/c1-33-11-13-34(14-12-33)25-10-6-3-7-19(25)17-30-28(36)22-15-21-24(16-26(22)38-2)32-29(37)23-18-31-35(27(21)23)20-8-4-5-9-20/h3,6-7,10,15-16,18,20H,4-5,8-9,11-14,17H2,1-2H3,(H,30,36)(H,32,37). The second-order valence-electron chi connectivity index (χ2n) is 10.4. The van der Waals surface area contributed by atoms with Crippen LogP contribution in [0.4, 0.5) is 5.69 Å². The summed E-state index contributed by atoms with van der Waals surface area (Å²) in [6.45, 7) is 4.36. The van der Waals surface area contributed by atoms with Crippen LogP contribution in [-0.2, 0) is 6.54 Å². The third kappa shape index (κ3) is 4.41. The van der Waals surface area contributed by atoms with E-state index in [-0.39, 0.29) is 17.5 Å². The minimum Gasteiger partial charge on any atom is -0.496 e. The highest BCUT2D eigenvalue weighted by molar-refractivity contribution is 6.08. The number of carbonyl (C=O) groups excluding carboxylic acids is 1. The van der Waals surface area contributed by atoms with E-state index >= 15 is 0 Å². The molecule has 2 aliphatic rings. The molecule has 2 fully saturated rings. The third-order valence-electron chi connectivity index (χ3n) is 8.07. The molecular formula is C29H34N6O3. The summed E-state index contributed by atoms with van der Waals surface area (Å²) in [5.41, 5.74) is 3.91. The molecule has 2 N–H and O–H groups in total. The molecule has 1 saturated heterocycles. The van der Waals surface area contributed by atoms with Crippen molar-refractivity contribution >= 4 is 33.4 Å². The van der Waals surface area contributed by atoms with Gasteiger partial charge < -0.3 is 24.8 Å². The molecule has 1 saturated carbocycles. The lowest BCUT2D eigenvalue weighted by Crippen LogP contribution is -2.45. The normalized spacial score (nSPS) is 16.9. The first kappa shape index (κ1) is 24.5. The number of pyridine rings is 1. The number of piperazine rings is 1. The molecule has 0 spiro atoms. The Morgan fingerprint density at radius 1 is 1.11 bits per heavy atom. The fourth-order valence-electron chi connectivity index (χ4n) is 5.92. The van der Waals surface area contributed by atoms with Crippen molar-refractivity contribution in [2.75, 3.05) is 45.2 Å². The fourth-order valence-corrected chi connectivity index (χ4v) is 5.92. The maximum atomic E-state index is 13.5. The Hall–Kier alpha value is -3.85. The smallest absolute Gasteiger partial charge is 0.259 e. The molecule has 1 aliphatic carbocycles. The number of aromatic nitrogens is 3. The number of benzene rings is 2. The van der Waals surface area contributed by atoms with Crippen LogP contribution in [0.3, 0.4) is 0 Å². The van der Waals surface area contributed by atoms with E-state index in [4.69, 9.17) is 4.74 Å². The predicted octanol–water partition coefficient (Wildman–Crippen LogP) is 3.68. The minimum absolute atomic E-state index is 0.184. The van der Waals surface area contributed by atoms with E-state index in [9.17, 15) is 9.59 Å². The van der Waals surface area contributed by atoms with Crippen LogP contribution in [0.15, 0.2) is 47.4 Å². The van der Waals surface area contributed by atoms with Gasteiger partial charge in [0.05, 0.1) is 41.3 Å². The van der Waals surface area contributed by atoms with Gasteiger partial charge in [0.15, 0.2) is 0 Å². The summed E-state index contributed by atoms with van der Waals surface area (Å²) in [5.74, 6) is 0.201. The summed E-state index contributed by atoms with van der Waals surface area (Å²) < 4.78 is 7.59. The van der Waals surface area contributed by atoms with Gasteiger partial charge in [-0.25, -0.2) is 0 Å². The first-order chi connectivity index (χ1) is 18.5. The van der Waals surface area contributed by atoms with Gasteiger partial charge in [-0.1, -0.05) is 31.0 Å². The lowest BCUT2D eigenvalue weighted by molar-refractivity contribution is 0.0948. The van der Waals surface area contributed by atoms with Gasteiger partial charge in [0.2, 0.25) is 0 Å². The van der Waals surface area contributed by atoms with Crippen LogP contribution >= 0.6 is 0 Å². The Morgan fingerprint density at radius 3 is 2.63 bits per heavy atom. The highest BCUT2D eigenvalue weighted by Gasteiger charge is 2.24. The van der Waals surface area contributed by atoms with E-state index in [2.05, 4.69) is 44.4 Å². The molecule has 1 aliphatic heterocycles. The van der Waals surface area contributed by atoms with Gasteiger partial charge in [-0.2, -0.15) is 5.10 Å². The van der Waals surface area contributed by atoms with Crippen LogP contribution in [0.5, 0.6) is 5.75 Å². The van der Waals surface area contributed by atoms with Crippen molar-refractivity contribution in [3.8, 4) is 5.75 Å². The van der Waals surface area contributed by atoms with Gasteiger partial charge in [-0.3, -0.25) is 14.3 Å². The third-order valence-corrected chi connectivity index (χ3v) is 8.07. The number of carbonyl (C=O) groups is 1. The number of amides is 1. The maximum absolute atomic E-state index is 13.5. The zero-order valence-electron chi connectivity index (χ0n) is 22.0. The molecule has 4 aromatic rings. The van der Waals surface area contributed by atoms with E-state index < -0.39 is 0 Å². The molecule has 1 amide bonds. The lowest BCUT2D eigenvalue weighted by Gasteiger charge is -2.35.